The van der Waals surface area contributed by atoms with E-state index in [1.807, 2.05) is 0 Å². The summed E-state index contributed by atoms with van der Waals surface area (Å²) in [5.41, 5.74) is 0. The van der Waals surface area contributed by atoms with Crippen LogP contribution in [0.5, 0.6) is 0 Å². The molecule has 2 fully saturated rings. The Hall–Kier alpha value is -3.03. The van der Waals surface area contributed by atoms with Crippen LogP contribution in [0.2, 0.25) is 10.1 Å². The third-order valence-electron chi connectivity index (χ3n) is 12.3. The van der Waals surface area contributed by atoms with Crippen molar-refractivity contribution in [3.8, 4) is 0 Å². The lowest BCUT2D eigenvalue weighted by molar-refractivity contribution is 0.150. The van der Waals surface area contributed by atoms with Crippen molar-refractivity contribution in [3.05, 3.63) is 133 Å². The lowest BCUT2D eigenvalue weighted by Gasteiger charge is -2.46. The molecular weight excluding hydrogens is 665 g/mol. The molecule has 2 aliphatic rings. The van der Waals surface area contributed by atoms with Crippen LogP contribution in [-0.4, -0.2) is 28.8 Å². The lowest BCUT2D eigenvalue weighted by Crippen LogP contribution is -2.68. The minimum atomic E-state index is -2.72. The number of unbranched alkanes of at least 4 members (excludes halogenated alkanes) is 2. The maximum atomic E-state index is 7.96. The zero-order valence-electron chi connectivity index (χ0n) is 33.1. The lowest BCUT2D eigenvalue weighted by atomic mass is 9.90. The minimum Gasteiger partial charge on any atom is -0.404 e. The summed E-state index contributed by atoms with van der Waals surface area (Å²) < 4.78 is 15.8. The summed E-state index contributed by atoms with van der Waals surface area (Å²) in [7, 11) is -5.42. The topological polar surface area (TPSA) is 18.5 Å². The summed E-state index contributed by atoms with van der Waals surface area (Å²) in [6.07, 6.45) is 15.1. The van der Waals surface area contributed by atoms with Gasteiger partial charge in [-0.15, -0.1) is 0 Å². The van der Waals surface area contributed by atoms with Crippen LogP contribution in [0.15, 0.2) is 133 Å². The first-order valence-corrected chi connectivity index (χ1v) is 24.1. The van der Waals surface area contributed by atoms with E-state index in [2.05, 4.69) is 182 Å². The van der Waals surface area contributed by atoms with Crippen LogP contribution in [0.1, 0.15) is 99.8 Å². The molecule has 4 unspecified atom stereocenters. The predicted octanol–water partition coefficient (Wildman–Crippen LogP) is 10.4. The molecule has 0 amide bonds. The third-order valence-corrected chi connectivity index (χ3v) is 22.4. The van der Waals surface area contributed by atoms with Crippen LogP contribution >= 0.6 is 0 Å². The van der Waals surface area contributed by atoms with E-state index in [-0.39, 0.29) is 22.3 Å². The Kier molecular flexibility index (Phi) is 12.3. The molecule has 276 valence electrons. The summed E-state index contributed by atoms with van der Waals surface area (Å²) in [5.74, 6) is 1.78. The molecule has 4 aromatic rings. The molecule has 0 spiro atoms. The fourth-order valence-electron chi connectivity index (χ4n) is 9.87. The van der Waals surface area contributed by atoms with Crippen LogP contribution < -0.4 is 20.7 Å². The van der Waals surface area contributed by atoms with Crippen molar-refractivity contribution in [2.24, 2.45) is 17.8 Å². The molecule has 0 aliphatic heterocycles. The summed E-state index contributed by atoms with van der Waals surface area (Å²) >= 11 is 0. The molecule has 4 heteroatoms. The Morgan fingerprint density at radius 2 is 1.10 bits per heavy atom. The molecule has 0 N–H and O–H groups in total. The van der Waals surface area contributed by atoms with Gasteiger partial charge >= 0.3 is 0 Å². The summed E-state index contributed by atoms with van der Waals surface area (Å²) in [5, 5.41) is 5.35. The van der Waals surface area contributed by atoms with E-state index in [0.29, 0.717) is 11.8 Å². The zero-order chi connectivity index (χ0) is 36.8. The van der Waals surface area contributed by atoms with E-state index in [4.69, 9.17) is 8.85 Å². The Morgan fingerprint density at radius 3 is 1.54 bits per heavy atom. The number of hydrogen-bond donors (Lipinski definition) is 0. The summed E-state index contributed by atoms with van der Waals surface area (Å²) in [6.45, 7) is 16.8. The van der Waals surface area contributed by atoms with Gasteiger partial charge in [0.15, 0.2) is 0 Å². The molecule has 0 saturated heterocycles. The molecule has 2 aliphatic carbocycles. The molecule has 0 bridgehead atoms. The fourth-order valence-corrected chi connectivity index (χ4v) is 19.3. The van der Waals surface area contributed by atoms with Crippen molar-refractivity contribution < 1.29 is 8.85 Å². The summed E-state index contributed by atoms with van der Waals surface area (Å²) in [6, 6.07) is 44.8. The molecule has 6 rings (SSSR count). The third kappa shape index (κ3) is 7.78. The minimum absolute atomic E-state index is 0.0341. The van der Waals surface area contributed by atoms with Crippen LogP contribution in [0, 0.1) is 17.8 Å². The van der Waals surface area contributed by atoms with E-state index in [1.165, 1.54) is 59.3 Å². The molecule has 2 nitrogen and oxygen atoms in total. The monoisotopic (exact) mass is 728 g/mol. The fraction of sp³-hybridized carbons (Fsp3) is 0.458. The molecule has 2 saturated carbocycles. The first-order valence-electron chi connectivity index (χ1n) is 20.3. The van der Waals surface area contributed by atoms with Crippen molar-refractivity contribution in [2.45, 2.75) is 122 Å². The van der Waals surface area contributed by atoms with E-state index in [0.717, 1.165) is 18.8 Å². The van der Waals surface area contributed by atoms with Gasteiger partial charge in [-0.2, -0.15) is 0 Å². The first kappa shape index (κ1) is 38.7. The average Bonchev–Trinajstić information content (AvgIpc) is 3.73. The highest BCUT2D eigenvalue weighted by atomic mass is 28.4. The molecule has 5 atom stereocenters. The van der Waals surface area contributed by atoms with Crippen molar-refractivity contribution in [2.75, 3.05) is 0 Å². The van der Waals surface area contributed by atoms with Crippen LogP contribution in [0.25, 0.3) is 0 Å². The SMILES string of the molecule is CCCCC[C@@H](C=CC1C(O[Si](c2ccccc2)(c2ccccc2)C(C)(C)C)CC2CCCC21)O[Si](c1ccccc1)(c1ccccc1)C(C)(C)C. The van der Waals surface area contributed by atoms with E-state index >= 15 is 0 Å². The zero-order valence-corrected chi connectivity index (χ0v) is 35.1. The average molecular weight is 729 g/mol. The van der Waals surface area contributed by atoms with Gasteiger partial charge < -0.3 is 8.85 Å². The largest absolute Gasteiger partial charge is 0.404 e. The quantitative estimate of drug-likeness (QED) is 0.0731. The van der Waals surface area contributed by atoms with Gasteiger partial charge in [0.1, 0.15) is 0 Å². The van der Waals surface area contributed by atoms with Crippen molar-refractivity contribution >= 4 is 37.4 Å². The second kappa shape index (κ2) is 16.6. The highest BCUT2D eigenvalue weighted by Crippen LogP contribution is 2.51. The van der Waals surface area contributed by atoms with Gasteiger partial charge in [-0.1, -0.05) is 214 Å². The Labute approximate surface area is 318 Å². The first-order chi connectivity index (χ1) is 25.0. The molecule has 0 radical (unpaired) electrons. The van der Waals surface area contributed by atoms with Gasteiger partial charge in [0.05, 0.1) is 12.2 Å². The maximum absolute atomic E-state index is 7.96. The second-order valence-corrected chi connectivity index (χ2v) is 26.2. The van der Waals surface area contributed by atoms with Gasteiger partial charge in [0.25, 0.3) is 16.6 Å². The molecular formula is C48H64O2Si2. The van der Waals surface area contributed by atoms with Crippen molar-refractivity contribution in [1.82, 2.24) is 0 Å². The number of rotatable bonds is 14. The van der Waals surface area contributed by atoms with Crippen LogP contribution in [-0.2, 0) is 8.85 Å². The molecule has 4 aromatic carbocycles. The highest BCUT2D eigenvalue weighted by Gasteiger charge is 2.55. The molecule has 0 aromatic heterocycles. The van der Waals surface area contributed by atoms with E-state index in [1.54, 1.807) is 0 Å². The Balaban J connectivity index is 1.42. The van der Waals surface area contributed by atoms with Gasteiger partial charge in [-0.05, 0) is 61.9 Å². The maximum Gasteiger partial charge on any atom is 0.261 e. The summed E-state index contributed by atoms with van der Waals surface area (Å²) in [4.78, 5) is 0. The number of benzene rings is 4. The van der Waals surface area contributed by atoms with E-state index in [9.17, 15) is 0 Å². The number of fused-ring (bicyclic) bond motifs is 1. The van der Waals surface area contributed by atoms with E-state index < -0.39 is 16.6 Å². The smallest absolute Gasteiger partial charge is 0.261 e. The second-order valence-electron chi connectivity index (χ2n) is 17.7. The van der Waals surface area contributed by atoms with Gasteiger partial charge in [0.2, 0.25) is 0 Å². The normalized spacial score (nSPS) is 21.8. The highest BCUT2D eigenvalue weighted by molar-refractivity contribution is 7.00. The standard InChI is InChI=1S/C48H64O2Si2/c1-8-9-14-25-39(49-51(47(2,3)4,40-26-15-10-16-27-40)41-28-17-11-18-29-41)35-36-45-44-34-23-24-38(44)37-46(45)50-52(48(5,6)7,42-30-19-12-20-31-42)43-32-21-13-22-33-43/h10-13,15-22,26-33,35-36,38-39,44-46H,8-9,14,23-25,34,37H2,1-7H3/t38?,39-,44?,45?,46?/m0/s1. The molecule has 52 heavy (non-hydrogen) atoms. The van der Waals surface area contributed by atoms with Crippen molar-refractivity contribution in [1.29, 1.82) is 0 Å². The van der Waals surface area contributed by atoms with Gasteiger partial charge in [-0.3, -0.25) is 0 Å². The van der Waals surface area contributed by atoms with Crippen molar-refractivity contribution in [3.63, 3.8) is 0 Å². The molecule has 0 heterocycles. The predicted molar refractivity (Wildman–Crippen MR) is 227 cm³/mol. The Morgan fingerprint density at radius 1 is 0.635 bits per heavy atom. The van der Waals surface area contributed by atoms with Crippen LogP contribution in [0.3, 0.4) is 0 Å². The van der Waals surface area contributed by atoms with Crippen LogP contribution in [0.4, 0.5) is 0 Å². The number of hydrogen-bond acceptors (Lipinski definition) is 2. The van der Waals surface area contributed by atoms with Gasteiger partial charge in [0, 0.05) is 5.92 Å². The van der Waals surface area contributed by atoms with Gasteiger partial charge in [-0.25, -0.2) is 0 Å². The Bertz CT molecular complexity index is 1610.